The number of nitrogens with zero attached hydrogens (tertiary/aromatic N) is 1. The first-order chi connectivity index (χ1) is 34.2. The Morgan fingerprint density at radius 3 is 1.17 bits per heavy atom. The Morgan fingerprint density at radius 1 is 0.414 bits per heavy atom. The highest BCUT2D eigenvalue weighted by atomic mass is 16.7. The molecule has 0 aromatic carbocycles. The van der Waals surface area contributed by atoms with Crippen LogP contribution in [0.3, 0.4) is 0 Å². The number of esters is 1. The molecule has 0 heterocycles. The second-order valence-corrected chi connectivity index (χ2v) is 26.4. The van der Waals surface area contributed by atoms with Crippen molar-refractivity contribution in [1.29, 1.82) is 0 Å². The zero-order valence-electron chi connectivity index (χ0n) is 45.6. The SMILES string of the molecule is COC1CCC(C(=CC2CCC(N(C3CCC(C)CC3)C3CCC(C)CC3)CC2)C2CCC(OC(=O)OC3CCC(C(C4CCCCC4)(C4CCCCC4)C4CCC(OC(C)=O)CC4)CC3)CC2)CC1. The summed E-state index contributed by atoms with van der Waals surface area (Å²) >= 11 is 0. The van der Waals surface area contributed by atoms with Crippen LogP contribution in [0, 0.1) is 58.7 Å². The van der Waals surface area contributed by atoms with Gasteiger partial charge >= 0.3 is 12.1 Å². The van der Waals surface area contributed by atoms with E-state index in [0.717, 1.165) is 99.1 Å². The molecule has 0 radical (unpaired) electrons. The second-order valence-electron chi connectivity index (χ2n) is 26.4. The van der Waals surface area contributed by atoms with Gasteiger partial charge in [0.05, 0.1) is 6.10 Å². The van der Waals surface area contributed by atoms with Gasteiger partial charge in [0.2, 0.25) is 0 Å². The van der Waals surface area contributed by atoms with Gasteiger partial charge in [0, 0.05) is 32.2 Å². The smallest absolute Gasteiger partial charge is 0.463 e. The van der Waals surface area contributed by atoms with E-state index >= 15 is 0 Å². The van der Waals surface area contributed by atoms with E-state index in [1.54, 1.807) is 12.5 Å². The molecule has 0 N–H and O–H groups in total. The molecule has 7 heteroatoms. The Morgan fingerprint density at radius 2 is 0.771 bits per heavy atom. The van der Waals surface area contributed by atoms with Crippen LogP contribution in [0.25, 0.3) is 0 Å². The van der Waals surface area contributed by atoms with Gasteiger partial charge in [0.25, 0.3) is 0 Å². The molecule has 0 bridgehead atoms. The van der Waals surface area contributed by atoms with Crippen molar-refractivity contribution in [2.75, 3.05) is 7.11 Å². The second kappa shape index (κ2) is 25.8. The lowest BCUT2D eigenvalue weighted by Gasteiger charge is -2.60. The molecule has 0 amide bonds. The van der Waals surface area contributed by atoms with E-state index in [4.69, 9.17) is 18.9 Å². The van der Waals surface area contributed by atoms with Crippen LogP contribution < -0.4 is 0 Å². The van der Waals surface area contributed by atoms with Crippen molar-refractivity contribution >= 4 is 12.1 Å². The summed E-state index contributed by atoms with van der Waals surface area (Å²) in [5.41, 5.74) is 2.16. The average Bonchev–Trinajstić information content (AvgIpc) is 3.39. The summed E-state index contributed by atoms with van der Waals surface area (Å²) in [7, 11) is 1.91. The molecule has 0 aliphatic heterocycles. The summed E-state index contributed by atoms with van der Waals surface area (Å²) in [5, 5.41) is 0. The fraction of sp³-hybridized carbons (Fsp3) is 0.937. The van der Waals surface area contributed by atoms with Gasteiger partial charge in [0.15, 0.2) is 0 Å². The first-order valence-corrected chi connectivity index (χ1v) is 31.2. The number of carbonyl (C=O) groups excluding carboxylic acids is 2. The molecule has 9 rings (SSSR count). The number of carbonyl (C=O) groups is 2. The molecule has 0 spiro atoms. The fourth-order valence-corrected chi connectivity index (χ4v) is 18.7. The fourth-order valence-electron chi connectivity index (χ4n) is 18.7. The third-order valence-corrected chi connectivity index (χ3v) is 22.3. The summed E-state index contributed by atoms with van der Waals surface area (Å²) in [4.78, 5) is 28.8. The topological polar surface area (TPSA) is 74.3 Å². The van der Waals surface area contributed by atoms with E-state index in [2.05, 4.69) is 24.8 Å². The van der Waals surface area contributed by atoms with Crippen LogP contribution in [0.4, 0.5) is 4.79 Å². The predicted octanol–water partition coefficient (Wildman–Crippen LogP) is 16.7. The van der Waals surface area contributed by atoms with E-state index < -0.39 is 6.16 Å². The maximum atomic E-state index is 13.7. The minimum atomic E-state index is -0.397. The van der Waals surface area contributed by atoms with Gasteiger partial charge in [0.1, 0.15) is 18.3 Å². The Balaban J connectivity index is 0.793. The van der Waals surface area contributed by atoms with Crippen molar-refractivity contribution in [2.45, 2.75) is 307 Å². The Hall–Kier alpha value is -1.60. The minimum absolute atomic E-state index is 0.0214. The minimum Gasteiger partial charge on any atom is -0.463 e. The molecule has 0 aromatic heterocycles. The Kier molecular flexibility index (Phi) is 19.6. The molecule has 0 atom stereocenters. The van der Waals surface area contributed by atoms with Crippen LogP contribution in [-0.4, -0.2) is 66.7 Å². The molecular weight excluding hydrogens is 867 g/mol. The highest BCUT2D eigenvalue weighted by Gasteiger charge is 2.56. The lowest BCUT2D eigenvalue weighted by atomic mass is 9.45. The largest absolute Gasteiger partial charge is 0.508 e. The standard InChI is InChI=1S/C63H105NO6/c1-44-15-29-54(30-16-44)64(55-31-17-45(2)18-32-55)56-33-19-47(20-34-56)43-61(48-21-35-57(67-4)36-22-48)49-23-37-59(38-24-49)69-62(66)70-60-41-27-53(28-42-60)63(50-11-7-5-8-12-50,51-13-9-6-10-14-51)52-25-39-58(40-26-52)68-46(3)65/h43-45,47-60H,5-42H2,1-4H3. The van der Waals surface area contributed by atoms with Crippen LogP contribution in [0.15, 0.2) is 11.6 Å². The van der Waals surface area contributed by atoms with Crippen LogP contribution in [0.5, 0.6) is 0 Å². The van der Waals surface area contributed by atoms with E-state index in [1.807, 2.05) is 7.11 Å². The molecule has 9 aliphatic rings. The number of ether oxygens (including phenoxy) is 4. The van der Waals surface area contributed by atoms with Crippen molar-refractivity contribution in [1.82, 2.24) is 4.90 Å². The molecule has 0 saturated heterocycles. The lowest BCUT2D eigenvalue weighted by Crippen LogP contribution is -2.53. The number of rotatable bonds is 14. The maximum Gasteiger partial charge on any atom is 0.508 e. The average molecular weight is 973 g/mol. The zero-order valence-corrected chi connectivity index (χ0v) is 45.6. The van der Waals surface area contributed by atoms with Crippen LogP contribution >= 0.6 is 0 Å². The molecule has 70 heavy (non-hydrogen) atoms. The summed E-state index contributed by atoms with van der Waals surface area (Å²) in [6.45, 7) is 6.55. The van der Waals surface area contributed by atoms with Crippen molar-refractivity contribution < 1.29 is 28.5 Å². The number of hydrogen-bond acceptors (Lipinski definition) is 7. The molecule has 0 aromatic rings. The van der Waals surface area contributed by atoms with E-state index in [-0.39, 0.29) is 24.3 Å². The first kappa shape index (κ1) is 53.2. The van der Waals surface area contributed by atoms with Gasteiger partial charge in [-0.25, -0.2) is 4.79 Å². The summed E-state index contributed by atoms with van der Waals surface area (Å²) in [6, 6.07) is 2.43. The predicted molar refractivity (Wildman–Crippen MR) is 283 cm³/mol. The van der Waals surface area contributed by atoms with Gasteiger partial charge in [-0.1, -0.05) is 64.0 Å². The molecule has 9 saturated carbocycles. The van der Waals surface area contributed by atoms with Crippen LogP contribution in [0.1, 0.15) is 265 Å². The normalized spacial score (nSPS) is 39.2. The van der Waals surface area contributed by atoms with Crippen LogP contribution in [0.2, 0.25) is 0 Å². The molecule has 9 fully saturated rings. The zero-order chi connectivity index (χ0) is 48.5. The first-order valence-electron chi connectivity index (χ1n) is 31.2. The van der Waals surface area contributed by atoms with E-state index in [1.165, 1.54) is 193 Å². The van der Waals surface area contributed by atoms with Gasteiger partial charge in [-0.2, -0.15) is 0 Å². The summed E-state index contributed by atoms with van der Waals surface area (Å²) < 4.78 is 24.3. The summed E-state index contributed by atoms with van der Waals surface area (Å²) in [6.07, 6.45) is 51.7. The van der Waals surface area contributed by atoms with Gasteiger partial charge in [-0.05, 0) is 264 Å². The third kappa shape index (κ3) is 13.3. The third-order valence-electron chi connectivity index (χ3n) is 22.3. The van der Waals surface area contributed by atoms with E-state index in [9.17, 15) is 9.59 Å². The van der Waals surface area contributed by atoms with Crippen LogP contribution in [-0.2, 0) is 23.7 Å². The lowest BCUT2D eigenvalue weighted by molar-refractivity contribution is -0.153. The molecule has 0 unspecified atom stereocenters. The van der Waals surface area contributed by atoms with Crippen molar-refractivity contribution in [2.24, 2.45) is 58.7 Å². The number of allylic oxidation sites excluding steroid dienone is 2. The number of methoxy groups -OCH3 is 1. The molecule has 9 aliphatic carbocycles. The van der Waals surface area contributed by atoms with Crippen molar-refractivity contribution in [3.63, 3.8) is 0 Å². The molecular formula is C63H105NO6. The molecule has 398 valence electrons. The van der Waals surface area contributed by atoms with Gasteiger partial charge in [-0.15, -0.1) is 0 Å². The summed E-state index contributed by atoms with van der Waals surface area (Å²) in [5.74, 6) is 6.77. The van der Waals surface area contributed by atoms with E-state index in [0.29, 0.717) is 35.2 Å². The quantitative estimate of drug-likeness (QED) is 0.127. The Labute approximate surface area is 428 Å². The number of hydrogen-bond donors (Lipinski definition) is 0. The van der Waals surface area contributed by atoms with Crippen molar-refractivity contribution in [3.05, 3.63) is 11.6 Å². The highest BCUT2D eigenvalue weighted by Crippen LogP contribution is 2.63. The maximum absolute atomic E-state index is 13.7. The van der Waals surface area contributed by atoms with Gasteiger partial charge < -0.3 is 18.9 Å². The highest BCUT2D eigenvalue weighted by molar-refractivity contribution is 5.66. The Bertz CT molecular complexity index is 1550. The van der Waals surface area contributed by atoms with Gasteiger partial charge in [-0.3, -0.25) is 9.69 Å². The monoisotopic (exact) mass is 972 g/mol. The molecule has 7 nitrogen and oxygen atoms in total. The van der Waals surface area contributed by atoms with Crippen molar-refractivity contribution in [3.8, 4) is 0 Å².